The number of carbonyl (C=O) groups is 1. The summed E-state index contributed by atoms with van der Waals surface area (Å²) in [6.45, 7) is 1.07. The molecular weight excluding hydrogens is 462 g/mol. The van der Waals surface area contributed by atoms with Crippen molar-refractivity contribution in [2.45, 2.75) is 32.1 Å². The number of hydrogen-bond donors (Lipinski definition) is 1. The number of nitrogens with zero attached hydrogens (tertiary/aromatic N) is 3. The van der Waals surface area contributed by atoms with Gasteiger partial charge in [-0.05, 0) is 72.6 Å². The number of benzene rings is 2. The Morgan fingerprint density at radius 1 is 0.833 bits per heavy atom. The van der Waals surface area contributed by atoms with E-state index in [9.17, 15) is 19.5 Å². The summed E-state index contributed by atoms with van der Waals surface area (Å²) in [4.78, 5) is 39.9. The van der Waals surface area contributed by atoms with Gasteiger partial charge in [-0.2, -0.15) is 0 Å². The third-order valence-electron chi connectivity index (χ3n) is 7.08. The van der Waals surface area contributed by atoms with Gasteiger partial charge in [-0.3, -0.25) is 18.7 Å². The van der Waals surface area contributed by atoms with Crippen LogP contribution >= 0.6 is 0 Å². The number of aromatic hydroxyl groups is 1. The predicted molar refractivity (Wildman–Crippen MR) is 133 cm³/mol. The molecule has 9 nitrogen and oxygen atoms in total. The van der Waals surface area contributed by atoms with Gasteiger partial charge in [0, 0.05) is 33.3 Å². The lowest BCUT2D eigenvalue weighted by Gasteiger charge is -2.24. The first-order valence-electron chi connectivity index (χ1n) is 12.1. The van der Waals surface area contributed by atoms with Crippen molar-refractivity contribution < 1.29 is 19.4 Å². The second-order valence-corrected chi connectivity index (χ2v) is 9.35. The van der Waals surface area contributed by atoms with Crippen molar-refractivity contribution in [3.63, 3.8) is 0 Å². The molecular formula is C27H29N3O6. The van der Waals surface area contributed by atoms with E-state index in [1.54, 1.807) is 11.0 Å². The number of rotatable bonds is 1. The van der Waals surface area contributed by atoms with Gasteiger partial charge in [0.05, 0.1) is 0 Å². The van der Waals surface area contributed by atoms with E-state index in [4.69, 9.17) is 9.47 Å². The first-order valence-corrected chi connectivity index (χ1v) is 12.1. The molecule has 0 unspecified atom stereocenters. The summed E-state index contributed by atoms with van der Waals surface area (Å²) in [5.41, 5.74) is 3.11. The number of phenols is 1. The van der Waals surface area contributed by atoms with Crippen LogP contribution in [0.5, 0.6) is 17.2 Å². The van der Waals surface area contributed by atoms with E-state index in [1.807, 2.05) is 24.3 Å². The molecule has 2 bridgehead atoms. The summed E-state index contributed by atoms with van der Waals surface area (Å²) in [6, 6.07) is 10.8. The number of aromatic nitrogens is 2. The number of hydrogen-bond acceptors (Lipinski definition) is 6. The monoisotopic (exact) mass is 491 g/mol. The lowest BCUT2D eigenvalue weighted by atomic mass is 9.95. The summed E-state index contributed by atoms with van der Waals surface area (Å²) in [5, 5.41) is 10.5. The van der Waals surface area contributed by atoms with Crippen molar-refractivity contribution in [3.05, 3.63) is 85.2 Å². The van der Waals surface area contributed by atoms with Gasteiger partial charge in [-0.25, -0.2) is 4.79 Å². The van der Waals surface area contributed by atoms with Gasteiger partial charge in [-0.1, -0.05) is 12.1 Å². The Kier molecular flexibility index (Phi) is 6.30. The Morgan fingerprint density at radius 3 is 2.28 bits per heavy atom. The second kappa shape index (κ2) is 9.56. The first kappa shape index (κ1) is 23.7. The van der Waals surface area contributed by atoms with Crippen molar-refractivity contribution in [2.24, 2.45) is 14.1 Å². The largest absolute Gasteiger partial charge is 0.508 e. The van der Waals surface area contributed by atoms with Gasteiger partial charge in [0.1, 0.15) is 11.4 Å². The smallest absolute Gasteiger partial charge is 0.331 e. The van der Waals surface area contributed by atoms with Crippen LogP contribution in [0, 0.1) is 0 Å². The van der Waals surface area contributed by atoms with Gasteiger partial charge < -0.3 is 19.5 Å². The van der Waals surface area contributed by atoms with Crippen LogP contribution in [0.25, 0.3) is 0 Å². The quantitative estimate of drug-likeness (QED) is 0.558. The second-order valence-electron chi connectivity index (χ2n) is 9.35. The lowest BCUT2D eigenvalue weighted by molar-refractivity contribution is 0.0743. The van der Waals surface area contributed by atoms with Crippen molar-refractivity contribution >= 4 is 5.91 Å². The fourth-order valence-electron chi connectivity index (χ4n) is 4.89. The van der Waals surface area contributed by atoms with Crippen molar-refractivity contribution in [1.29, 1.82) is 0 Å². The van der Waals surface area contributed by atoms with Crippen molar-refractivity contribution in [3.8, 4) is 17.2 Å². The molecule has 2 aromatic carbocycles. The molecule has 0 saturated heterocycles. The number of phenolic OH excluding ortho intramolecular Hbond substituents is 1. The number of carbonyl (C=O) groups excluding carboxylic acids is 1. The summed E-state index contributed by atoms with van der Waals surface area (Å²) in [6.07, 6.45) is 3.40. The zero-order chi connectivity index (χ0) is 25.4. The Labute approximate surface area is 208 Å². The molecule has 5 rings (SSSR count). The molecule has 0 saturated carbocycles. The van der Waals surface area contributed by atoms with Gasteiger partial charge in [0.25, 0.3) is 11.5 Å². The average molecular weight is 492 g/mol. The van der Waals surface area contributed by atoms with Crippen molar-refractivity contribution in [1.82, 2.24) is 14.0 Å². The molecule has 3 heterocycles. The van der Waals surface area contributed by atoms with E-state index in [1.165, 1.54) is 24.7 Å². The highest BCUT2D eigenvalue weighted by Crippen LogP contribution is 2.36. The van der Waals surface area contributed by atoms with Crippen LogP contribution in [-0.4, -0.2) is 44.9 Å². The molecule has 0 fully saturated rings. The molecule has 3 aromatic rings. The third-order valence-corrected chi connectivity index (χ3v) is 7.08. The van der Waals surface area contributed by atoms with E-state index in [0.717, 1.165) is 45.4 Å². The highest BCUT2D eigenvalue weighted by molar-refractivity contribution is 5.92. The van der Waals surface area contributed by atoms with E-state index in [0.29, 0.717) is 38.1 Å². The molecule has 2 aliphatic rings. The van der Waals surface area contributed by atoms with Gasteiger partial charge >= 0.3 is 5.69 Å². The maximum Gasteiger partial charge on any atom is 0.331 e. The van der Waals surface area contributed by atoms with E-state index in [2.05, 4.69) is 0 Å². The minimum absolute atomic E-state index is 0.0718. The summed E-state index contributed by atoms with van der Waals surface area (Å²) in [7, 11) is 2.89. The number of ether oxygens (including phenoxy) is 2. The maximum absolute atomic E-state index is 13.5. The highest BCUT2D eigenvalue weighted by atomic mass is 16.7. The molecule has 0 radical (unpaired) electrons. The minimum Gasteiger partial charge on any atom is -0.508 e. The molecule has 2 aliphatic heterocycles. The zero-order valence-electron chi connectivity index (χ0n) is 20.5. The molecule has 36 heavy (non-hydrogen) atoms. The van der Waals surface area contributed by atoms with Crippen LogP contribution in [0.15, 0.2) is 46.0 Å². The van der Waals surface area contributed by atoms with Crippen LogP contribution < -0.4 is 20.7 Å². The predicted octanol–water partition coefficient (Wildman–Crippen LogP) is 1.93. The fourth-order valence-corrected chi connectivity index (χ4v) is 4.89. The Bertz CT molecular complexity index is 1460. The Hall–Kier alpha value is -4.01. The molecule has 0 aliphatic carbocycles. The number of aryl methyl sites for hydroxylation is 3. The molecule has 1 aromatic heterocycles. The highest BCUT2D eigenvalue weighted by Gasteiger charge is 2.22. The Morgan fingerprint density at radius 2 is 1.53 bits per heavy atom. The van der Waals surface area contributed by atoms with E-state index < -0.39 is 11.2 Å². The maximum atomic E-state index is 13.5. The Balaban J connectivity index is 1.50. The third kappa shape index (κ3) is 4.48. The van der Waals surface area contributed by atoms with Gasteiger partial charge in [0.2, 0.25) is 6.79 Å². The molecule has 0 atom stereocenters. The van der Waals surface area contributed by atoms with E-state index >= 15 is 0 Å². The minimum atomic E-state index is -0.537. The van der Waals surface area contributed by atoms with Gasteiger partial charge in [-0.15, -0.1) is 0 Å². The lowest BCUT2D eigenvalue weighted by Crippen LogP contribution is -2.43. The van der Waals surface area contributed by atoms with Gasteiger partial charge in [0.15, 0.2) is 11.5 Å². The first-order chi connectivity index (χ1) is 17.3. The van der Waals surface area contributed by atoms with E-state index in [-0.39, 0.29) is 24.1 Å². The average Bonchev–Trinajstić information content (AvgIpc) is 3.33. The standard InChI is InChI=1S/C27H29N3O6/c1-28-21(15-25(32)29(2)27(28)34)26(33)30-10-3-4-18-13-23-24(36-16-35-23)14-19(18)6-7-20-12-17(9-11-30)5-8-22(20)31/h5,8,12-15,31H,3-4,6-7,9-11,16H2,1-2H3. The normalized spacial score (nSPS) is 15.4. The number of fused-ring (bicyclic) bond motifs is 4. The molecule has 9 heteroatoms. The SMILES string of the molecule is Cn1c(C(=O)N2CCCc3cc4c(cc3CCc3cc(ccc3O)CC2)OCO4)cc(=O)n(C)c1=O. The number of amides is 1. The van der Waals surface area contributed by atoms with Crippen LogP contribution in [-0.2, 0) is 39.8 Å². The van der Waals surface area contributed by atoms with Crippen LogP contribution in [0.4, 0.5) is 0 Å². The molecule has 0 spiro atoms. The van der Waals surface area contributed by atoms with Crippen LogP contribution in [0.2, 0.25) is 0 Å². The zero-order valence-corrected chi connectivity index (χ0v) is 20.5. The van der Waals surface area contributed by atoms with Crippen LogP contribution in [0.3, 0.4) is 0 Å². The molecule has 1 amide bonds. The summed E-state index contributed by atoms with van der Waals surface area (Å²) >= 11 is 0. The fraction of sp³-hybridized carbons (Fsp3) is 0.370. The van der Waals surface area contributed by atoms with Crippen molar-refractivity contribution in [2.75, 3.05) is 19.9 Å². The molecule has 1 N–H and O–H groups in total. The summed E-state index contributed by atoms with van der Waals surface area (Å²) in [5.74, 6) is 1.33. The summed E-state index contributed by atoms with van der Waals surface area (Å²) < 4.78 is 13.4. The molecule has 188 valence electrons. The topological polar surface area (TPSA) is 103 Å². The van der Waals surface area contributed by atoms with Crippen LogP contribution in [0.1, 0.15) is 39.2 Å².